The lowest BCUT2D eigenvalue weighted by Gasteiger charge is -2.45. The van der Waals surface area contributed by atoms with Gasteiger partial charge in [0, 0.05) is 69.4 Å². The molecule has 2 heterocycles. The number of carbonyl (C=O) groups excluding carboxylic acids is 3. The van der Waals surface area contributed by atoms with Crippen LogP contribution in [0, 0.1) is 11.7 Å². The smallest absolute Gasteiger partial charge is 0.342 e. The Hall–Kier alpha value is -4.62. The molecule has 2 aliphatic heterocycles. The van der Waals surface area contributed by atoms with Crippen molar-refractivity contribution in [1.29, 1.82) is 0 Å². The first-order chi connectivity index (χ1) is 23.0. The fourth-order valence-corrected chi connectivity index (χ4v) is 6.61. The molecule has 0 aliphatic carbocycles. The van der Waals surface area contributed by atoms with Crippen LogP contribution >= 0.6 is 0 Å². The second-order valence-electron chi connectivity index (χ2n) is 12.4. The van der Waals surface area contributed by atoms with Gasteiger partial charge in [0.25, 0.3) is 5.91 Å². The van der Waals surface area contributed by atoms with Gasteiger partial charge in [0.05, 0.1) is 11.1 Å². The van der Waals surface area contributed by atoms with Crippen LogP contribution < -0.4 is 4.90 Å². The molecule has 2 aliphatic rings. The zero-order valence-corrected chi connectivity index (χ0v) is 26.8. The van der Waals surface area contributed by atoms with Gasteiger partial charge in [-0.25, -0.2) is 9.18 Å². The summed E-state index contributed by atoms with van der Waals surface area (Å²) in [5.74, 6) is -1.63. The number of amides is 4. The van der Waals surface area contributed by atoms with E-state index in [2.05, 4.69) is 0 Å². The largest absolute Gasteiger partial charge is 0.416 e. The standard InChI is InChI=1S/C35H35F7N4O3/c1-43(28-19-25(34(37,38)39)18-26(20-28)35(40,41)42)33(49)44(2)30-14-17-46(21-29(30)22-8-10-27(36)11-9-22)32(48)24-12-15-45(16-13-24)31(47)23-6-4-3-5-7-23/h3-11,18-20,24,29-30H,12-17,21H2,1-2H3/t29-,30+/m0/s1. The Labute approximate surface area is 278 Å². The van der Waals surface area contributed by atoms with Crippen molar-refractivity contribution in [2.45, 2.75) is 43.6 Å². The Balaban J connectivity index is 1.33. The number of alkyl halides is 6. The van der Waals surface area contributed by atoms with Crippen LogP contribution in [0.15, 0.2) is 72.8 Å². The maximum atomic E-state index is 13.9. The summed E-state index contributed by atoms with van der Waals surface area (Å²) in [5, 5.41) is 0. The Kier molecular flexibility index (Phi) is 10.3. The van der Waals surface area contributed by atoms with Crippen LogP contribution in [0.3, 0.4) is 0 Å². The number of carbonyl (C=O) groups is 3. The van der Waals surface area contributed by atoms with E-state index in [4.69, 9.17) is 0 Å². The Morgan fingerprint density at radius 3 is 1.84 bits per heavy atom. The van der Waals surface area contributed by atoms with Crippen molar-refractivity contribution in [3.63, 3.8) is 0 Å². The van der Waals surface area contributed by atoms with Crippen LogP contribution in [0.4, 0.5) is 41.2 Å². The second-order valence-corrected chi connectivity index (χ2v) is 12.4. The van der Waals surface area contributed by atoms with E-state index in [-0.39, 0.29) is 43.3 Å². The molecular weight excluding hydrogens is 657 g/mol. The Morgan fingerprint density at radius 2 is 1.29 bits per heavy atom. The first-order valence-electron chi connectivity index (χ1n) is 15.7. The lowest BCUT2D eigenvalue weighted by molar-refractivity contribution is -0.143. The molecule has 49 heavy (non-hydrogen) atoms. The summed E-state index contributed by atoms with van der Waals surface area (Å²) < 4.78 is 95.0. The number of anilines is 1. The molecule has 4 amide bonds. The first-order valence-corrected chi connectivity index (χ1v) is 15.7. The molecule has 0 bridgehead atoms. The molecule has 0 saturated carbocycles. The highest BCUT2D eigenvalue weighted by molar-refractivity contribution is 5.94. The fraction of sp³-hybridized carbons (Fsp3) is 0.400. The maximum Gasteiger partial charge on any atom is 0.416 e. The van der Waals surface area contributed by atoms with Gasteiger partial charge < -0.3 is 14.7 Å². The number of urea groups is 1. The van der Waals surface area contributed by atoms with Crippen molar-refractivity contribution in [2.24, 2.45) is 5.92 Å². The average Bonchev–Trinajstić information content (AvgIpc) is 3.09. The summed E-state index contributed by atoms with van der Waals surface area (Å²) >= 11 is 0. The Morgan fingerprint density at radius 1 is 0.735 bits per heavy atom. The summed E-state index contributed by atoms with van der Waals surface area (Å²) in [6.07, 6.45) is -9.03. The summed E-state index contributed by atoms with van der Waals surface area (Å²) in [6.45, 7) is 1.17. The summed E-state index contributed by atoms with van der Waals surface area (Å²) in [7, 11) is 2.49. The molecule has 7 nitrogen and oxygen atoms in total. The van der Waals surface area contributed by atoms with Gasteiger partial charge in [-0.2, -0.15) is 26.3 Å². The van der Waals surface area contributed by atoms with Crippen molar-refractivity contribution in [1.82, 2.24) is 14.7 Å². The third-order valence-electron chi connectivity index (χ3n) is 9.38. The highest BCUT2D eigenvalue weighted by atomic mass is 19.4. The summed E-state index contributed by atoms with van der Waals surface area (Å²) in [5.41, 5.74) is -2.53. The molecule has 3 aromatic rings. The normalized spacial score (nSPS) is 19.0. The number of hydrogen-bond acceptors (Lipinski definition) is 3. The predicted octanol–water partition coefficient (Wildman–Crippen LogP) is 7.29. The second kappa shape index (κ2) is 14.1. The molecule has 0 radical (unpaired) electrons. The fourth-order valence-electron chi connectivity index (χ4n) is 6.61. The SMILES string of the molecule is CN(C(=O)N(C)[C@@H]1CCN(C(=O)C2CCN(C(=O)c3ccccc3)CC2)C[C@H]1c1ccc(F)cc1)c1cc(C(F)(F)F)cc(C(F)(F)F)c1. The number of piperidine rings is 2. The zero-order chi connectivity index (χ0) is 35.7. The summed E-state index contributed by atoms with van der Waals surface area (Å²) in [4.78, 5) is 45.7. The third kappa shape index (κ3) is 8.00. The van der Waals surface area contributed by atoms with E-state index in [1.807, 2.05) is 6.07 Å². The molecule has 0 N–H and O–H groups in total. The molecule has 14 heteroatoms. The van der Waals surface area contributed by atoms with E-state index >= 15 is 0 Å². The van der Waals surface area contributed by atoms with Gasteiger partial charge in [-0.3, -0.25) is 14.5 Å². The molecular formula is C35H35F7N4O3. The van der Waals surface area contributed by atoms with Gasteiger partial charge in [-0.05, 0) is 67.3 Å². The van der Waals surface area contributed by atoms with Crippen LogP contribution in [0.1, 0.15) is 52.2 Å². The summed E-state index contributed by atoms with van der Waals surface area (Å²) in [6, 6.07) is 13.8. The minimum Gasteiger partial charge on any atom is -0.342 e. The average molecular weight is 693 g/mol. The van der Waals surface area contributed by atoms with Gasteiger partial charge >= 0.3 is 18.4 Å². The van der Waals surface area contributed by atoms with Gasteiger partial charge in [0.15, 0.2) is 0 Å². The van der Waals surface area contributed by atoms with Crippen LogP contribution in [0.2, 0.25) is 0 Å². The van der Waals surface area contributed by atoms with E-state index in [1.54, 1.807) is 34.1 Å². The zero-order valence-electron chi connectivity index (χ0n) is 26.8. The first kappa shape index (κ1) is 35.7. The van der Waals surface area contributed by atoms with Crippen LogP contribution in [0.25, 0.3) is 0 Å². The van der Waals surface area contributed by atoms with Crippen LogP contribution in [0.5, 0.6) is 0 Å². The van der Waals surface area contributed by atoms with Crippen molar-refractivity contribution >= 4 is 23.5 Å². The molecule has 3 aromatic carbocycles. The monoisotopic (exact) mass is 692 g/mol. The molecule has 0 unspecified atom stereocenters. The molecule has 2 fully saturated rings. The molecule has 5 rings (SSSR count). The predicted molar refractivity (Wildman–Crippen MR) is 167 cm³/mol. The third-order valence-corrected chi connectivity index (χ3v) is 9.38. The van der Waals surface area contributed by atoms with Gasteiger partial charge in [-0.15, -0.1) is 0 Å². The maximum absolute atomic E-state index is 13.9. The molecule has 0 spiro atoms. The number of likely N-dealkylation sites (tertiary alicyclic amines) is 2. The minimum absolute atomic E-state index is 0.00613. The minimum atomic E-state index is -5.09. The number of likely N-dealkylation sites (N-methyl/N-ethyl adjacent to an activating group) is 1. The lowest BCUT2D eigenvalue weighted by Crippen LogP contribution is -2.55. The van der Waals surface area contributed by atoms with E-state index in [1.165, 1.54) is 36.2 Å². The van der Waals surface area contributed by atoms with Crippen LogP contribution in [-0.4, -0.2) is 78.9 Å². The topological polar surface area (TPSA) is 64.2 Å². The van der Waals surface area contributed by atoms with E-state index < -0.39 is 53.0 Å². The van der Waals surface area contributed by atoms with Crippen molar-refractivity contribution < 1.29 is 45.1 Å². The van der Waals surface area contributed by atoms with Crippen molar-refractivity contribution in [3.8, 4) is 0 Å². The highest BCUT2D eigenvalue weighted by Gasteiger charge is 2.41. The van der Waals surface area contributed by atoms with Gasteiger partial charge in [-0.1, -0.05) is 30.3 Å². The lowest BCUT2D eigenvalue weighted by atomic mass is 9.84. The molecule has 262 valence electrons. The van der Waals surface area contributed by atoms with Crippen molar-refractivity contribution in [3.05, 3.63) is 101 Å². The Bertz CT molecular complexity index is 1620. The van der Waals surface area contributed by atoms with E-state index in [9.17, 15) is 45.1 Å². The number of rotatable bonds is 5. The number of benzene rings is 3. The van der Waals surface area contributed by atoms with Gasteiger partial charge in [0.2, 0.25) is 5.91 Å². The molecule has 2 saturated heterocycles. The van der Waals surface area contributed by atoms with Crippen LogP contribution in [-0.2, 0) is 17.1 Å². The molecule has 0 aromatic heterocycles. The highest BCUT2D eigenvalue weighted by Crippen LogP contribution is 2.39. The molecule has 2 atom stereocenters. The quantitative estimate of drug-likeness (QED) is 0.264. The number of halogens is 7. The van der Waals surface area contributed by atoms with E-state index in [0.29, 0.717) is 49.2 Å². The van der Waals surface area contributed by atoms with Crippen molar-refractivity contribution in [2.75, 3.05) is 45.2 Å². The number of hydrogen-bond donors (Lipinski definition) is 0. The van der Waals surface area contributed by atoms with E-state index in [0.717, 1.165) is 11.9 Å². The van der Waals surface area contributed by atoms with Gasteiger partial charge in [0.1, 0.15) is 5.82 Å². The number of nitrogens with zero attached hydrogens (tertiary/aromatic N) is 4.